The lowest BCUT2D eigenvalue weighted by Gasteiger charge is -2.21. The molecular formula is C16H17NO4S. The molecule has 6 heteroatoms. The maximum Gasteiger partial charge on any atom is 0.304 e. The van der Waals surface area contributed by atoms with Crippen LogP contribution in [-0.4, -0.2) is 30.3 Å². The highest BCUT2D eigenvalue weighted by molar-refractivity contribution is 7.89. The smallest absolute Gasteiger partial charge is 0.304 e. The van der Waals surface area contributed by atoms with Crippen LogP contribution in [0.2, 0.25) is 0 Å². The van der Waals surface area contributed by atoms with Crippen molar-refractivity contribution < 1.29 is 18.3 Å². The maximum atomic E-state index is 12.7. The zero-order chi connectivity index (χ0) is 16.0. The third kappa shape index (κ3) is 4.16. The van der Waals surface area contributed by atoms with Crippen molar-refractivity contribution >= 4 is 16.0 Å². The molecule has 0 bridgehead atoms. The molecule has 0 unspecified atom stereocenters. The van der Waals surface area contributed by atoms with E-state index in [0.717, 1.165) is 5.56 Å². The van der Waals surface area contributed by atoms with E-state index in [2.05, 4.69) is 0 Å². The molecule has 116 valence electrons. The molecule has 2 aromatic carbocycles. The predicted molar refractivity (Wildman–Crippen MR) is 82.7 cm³/mol. The van der Waals surface area contributed by atoms with Gasteiger partial charge >= 0.3 is 5.97 Å². The highest BCUT2D eigenvalue weighted by Gasteiger charge is 2.24. The standard InChI is InChI=1S/C16H17NO4S/c18-16(19)11-12-17(13-14-7-3-1-4-8-14)22(20,21)15-9-5-2-6-10-15/h1-10H,11-13H2,(H,18,19). The minimum absolute atomic E-state index is 0.0680. The van der Waals surface area contributed by atoms with Gasteiger partial charge in [-0.3, -0.25) is 4.79 Å². The van der Waals surface area contributed by atoms with E-state index in [1.807, 2.05) is 30.3 Å². The number of hydrogen-bond acceptors (Lipinski definition) is 3. The van der Waals surface area contributed by atoms with Gasteiger partial charge in [-0.05, 0) is 17.7 Å². The average molecular weight is 319 g/mol. The largest absolute Gasteiger partial charge is 0.481 e. The Hall–Kier alpha value is -2.18. The lowest BCUT2D eigenvalue weighted by atomic mass is 10.2. The Morgan fingerprint density at radius 3 is 2.05 bits per heavy atom. The number of rotatable bonds is 7. The average Bonchev–Trinajstić information content (AvgIpc) is 2.53. The zero-order valence-corrected chi connectivity index (χ0v) is 12.7. The van der Waals surface area contributed by atoms with Crippen LogP contribution in [0.4, 0.5) is 0 Å². The molecule has 0 spiro atoms. The predicted octanol–water partition coefficient (Wildman–Crippen LogP) is 2.35. The van der Waals surface area contributed by atoms with Crippen molar-refractivity contribution in [2.75, 3.05) is 6.54 Å². The number of benzene rings is 2. The second-order valence-corrected chi connectivity index (χ2v) is 6.72. The molecule has 0 aliphatic carbocycles. The summed E-state index contributed by atoms with van der Waals surface area (Å²) in [4.78, 5) is 11.0. The van der Waals surface area contributed by atoms with Crippen molar-refractivity contribution in [2.45, 2.75) is 17.9 Å². The van der Waals surface area contributed by atoms with Crippen molar-refractivity contribution in [3.05, 3.63) is 66.2 Å². The van der Waals surface area contributed by atoms with Crippen LogP contribution in [0.3, 0.4) is 0 Å². The van der Waals surface area contributed by atoms with Gasteiger partial charge < -0.3 is 5.11 Å². The van der Waals surface area contributed by atoms with E-state index < -0.39 is 16.0 Å². The second-order valence-electron chi connectivity index (χ2n) is 4.78. The van der Waals surface area contributed by atoms with Crippen LogP contribution >= 0.6 is 0 Å². The molecule has 0 saturated heterocycles. The lowest BCUT2D eigenvalue weighted by Crippen LogP contribution is -2.32. The van der Waals surface area contributed by atoms with Crippen LogP contribution in [0.1, 0.15) is 12.0 Å². The maximum absolute atomic E-state index is 12.7. The molecule has 0 atom stereocenters. The van der Waals surface area contributed by atoms with Gasteiger partial charge in [-0.1, -0.05) is 48.5 Å². The van der Waals surface area contributed by atoms with Gasteiger partial charge in [-0.2, -0.15) is 4.31 Å². The molecule has 22 heavy (non-hydrogen) atoms. The topological polar surface area (TPSA) is 74.7 Å². The Labute approximate surface area is 129 Å². The van der Waals surface area contributed by atoms with Gasteiger partial charge in [-0.25, -0.2) is 8.42 Å². The molecule has 0 heterocycles. The van der Waals surface area contributed by atoms with Gasteiger partial charge in [0, 0.05) is 13.1 Å². The molecule has 0 aliphatic heterocycles. The number of nitrogens with zero attached hydrogens (tertiary/aromatic N) is 1. The number of carbonyl (C=O) groups is 1. The molecule has 0 aromatic heterocycles. The minimum atomic E-state index is -3.72. The molecular weight excluding hydrogens is 302 g/mol. The number of sulfonamides is 1. The molecule has 2 aromatic rings. The first-order chi connectivity index (χ1) is 10.5. The van der Waals surface area contributed by atoms with E-state index in [1.54, 1.807) is 18.2 Å². The summed E-state index contributed by atoms with van der Waals surface area (Å²) in [5.74, 6) is -1.03. The van der Waals surface area contributed by atoms with Crippen LogP contribution in [0.15, 0.2) is 65.6 Å². The minimum Gasteiger partial charge on any atom is -0.481 e. The van der Waals surface area contributed by atoms with Crippen LogP contribution in [0.25, 0.3) is 0 Å². The number of carboxylic acid groups (broad SMARTS) is 1. The normalized spacial score (nSPS) is 11.5. The summed E-state index contributed by atoms with van der Waals surface area (Å²) in [5, 5.41) is 8.84. The molecule has 2 rings (SSSR count). The van der Waals surface area contributed by atoms with Crippen molar-refractivity contribution in [3.63, 3.8) is 0 Å². The molecule has 0 fully saturated rings. The third-order valence-electron chi connectivity index (χ3n) is 3.16. The van der Waals surface area contributed by atoms with Gasteiger partial charge in [-0.15, -0.1) is 0 Å². The summed E-state index contributed by atoms with van der Waals surface area (Å²) < 4.78 is 26.6. The second kappa shape index (κ2) is 7.20. The van der Waals surface area contributed by atoms with Gasteiger partial charge in [0.05, 0.1) is 11.3 Å². The molecule has 0 amide bonds. The lowest BCUT2D eigenvalue weighted by molar-refractivity contribution is -0.137. The molecule has 0 aliphatic rings. The van der Waals surface area contributed by atoms with Crippen molar-refractivity contribution in [2.24, 2.45) is 0 Å². The van der Waals surface area contributed by atoms with E-state index in [1.165, 1.54) is 16.4 Å². The van der Waals surface area contributed by atoms with E-state index >= 15 is 0 Å². The molecule has 0 saturated carbocycles. The monoisotopic (exact) mass is 319 g/mol. The first-order valence-corrected chi connectivity index (χ1v) is 8.25. The van der Waals surface area contributed by atoms with Crippen molar-refractivity contribution in [3.8, 4) is 0 Å². The first-order valence-electron chi connectivity index (χ1n) is 6.81. The summed E-state index contributed by atoms with van der Waals surface area (Å²) in [6.07, 6.45) is -0.237. The van der Waals surface area contributed by atoms with E-state index in [4.69, 9.17) is 5.11 Å². The fourth-order valence-corrected chi connectivity index (χ4v) is 3.48. The summed E-state index contributed by atoms with van der Waals surface area (Å²) in [5.41, 5.74) is 0.812. The fourth-order valence-electron chi connectivity index (χ4n) is 2.03. The Morgan fingerprint density at radius 1 is 0.955 bits per heavy atom. The van der Waals surface area contributed by atoms with E-state index in [0.29, 0.717) is 0 Å². The summed E-state index contributed by atoms with van der Waals surface area (Å²) >= 11 is 0. The Balaban J connectivity index is 2.29. The van der Waals surface area contributed by atoms with Gasteiger partial charge in [0.1, 0.15) is 0 Å². The Kier molecular flexibility index (Phi) is 5.30. The number of carboxylic acids is 1. The van der Waals surface area contributed by atoms with E-state index in [9.17, 15) is 13.2 Å². The van der Waals surface area contributed by atoms with Crippen molar-refractivity contribution in [1.82, 2.24) is 4.31 Å². The van der Waals surface area contributed by atoms with Crippen LogP contribution in [0, 0.1) is 0 Å². The summed E-state index contributed by atoms with van der Waals surface area (Å²) in [7, 11) is -3.72. The zero-order valence-electron chi connectivity index (χ0n) is 11.9. The molecule has 1 N–H and O–H groups in total. The number of hydrogen-bond donors (Lipinski definition) is 1. The van der Waals surface area contributed by atoms with E-state index in [-0.39, 0.29) is 24.4 Å². The third-order valence-corrected chi connectivity index (χ3v) is 5.02. The first kappa shape index (κ1) is 16.2. The van der Waals surface area contributed by atoms with Gasteiger partial charge in [0.15, 0.2) is 0 Å². The SMILES string of the molecule is O=C(O)CCN(Cc1ccccc1)S(=O)(=O)c1ccccc1. The summed E-state index contributed by atoms with van der Waals surface area (Å²) in [6, 6.07) is 17.1. The highest BCUT2D eigenvalue weighted by Crippen LogP contribution is 2.18. The Bertz CT molecular complexity index is 714. The quantitative estimate of drug-likeness (QED) is 0.850. The Morgan fingerprint density at radius 2 is 1.50 bits per heavy atom. The van der Waals surface area contributed by atoms with Crippen LogP contribution in [0.5, 0.6) is 0 Å². The summed E-state index contributed by atoms with van der Waals surface area (Å²) in [6.45, 7) is 0.0762. The number of aliphatic carboxylic acids is 1. The van der Waals surface area contributed by atoms with Gasteiger partial charge in [0.25, 0.3) is 0 Å². The molecule has 5 nitrogen and oxygen atoms in total. The molecule has 0 radical (unpaired) electrons. The highest BCUT2D eigenvalue weighted by atomic mass is 32.2. The van der Waals surface area contributed by atoms with Crippen molar-refractivity contribution in [1.29, 1.82) is 0 Å². The fraction of sp³-hybridized carbons (Fsp3) is 0.188. The van der Waals surface area contributed by atoms with Gasteiger partial charge in [0.2, 0.25) is 10.0 Å². The van der Waals surface area contributed by atoms with Crippen LogP contribution in [-0.2, 0) is 21.4 Å². The van der Waals surface area contributed by atoms with Crippen LogP contribution < -0.4 is 0 Å².